The minimum absolute atomic E-state index is 0.308. The van der Waals surface area contributed by atoms with Crippen molar-refractivity contribution in [1.82, 2.24) is 15.0 Å². The number of rotatable bonds is 6. The molecule has 0 saturated carbocycles. The smallest absolute Gasteiger partial charge is 0.230 e. The zero-order chi connectivity index (χ0) is 17.1. The molecular formula is C19H25N3O3. The minimum Gasteiger partial charge on any atom is -0.488 e. The van der Waals surface area contributed by atoms with Gasteiger partial charge in [-0.25, -0.2) is 0 Å². The molecule has 2 saturated heterocycles. The molecule has 0 aliphatic carbocycles. The summed E-state index contributed by atoms with van der Waals surface area (Å²) in [5.41, 5.74) is 0.954. The molecule has 6 heteroatoms. The summed E-state index contributed by atoms with van der Waals surface area (Å²) >= 11 is 0. The normalized spacial score (nSPS) is 19.7. The van der Waals surface area contributed by atoms with Crippen LogP contribution < -0.4 is 4.74 Å². The summed E-state index contributed by atoms with van der Waals surface area (Å²) in [4.78, 5) is 6.98. The summed E-state index contributed by atoms with van der Waals surface area (Å²) in [6, 6.07) is 7.97. The van der Waals surface area contributed by atoms with Crippen LogP contribution in [0.25, 0.3) is 11.4 Å². The summed E-state index contributed by atoms with van der Waals surface area (Å²) < 4.78 is 16.8. The third-order valence-corrected chi connectivity index (χ3v) is 4.89. The third-order valence-electron chi connectivity index (χ3n) is 4.89. The van der Waals surface area contributed by atoms with Crippen molar-refractivity contribution >= 4 is 0 Å². The molecule has 4 rings (SSSR count). The van der Waals surface area contributed by atoms with Gasteiger partial charge >= 0.3 is 0 Å². The number of hydrogen-bond acceptors (Lipinski definition) is 6. The van der Waals surface area contributed by atoms with E-state index in [9.17, 15) is 0 Å². The van der Waals surface area contributed by atoms with Gasteiger partial charge in [0.2, 0.25) is 11.7 Å². The van der Waals surface area contributed by atoms with E-state index in [1.165, 1.54) is 6.42 Å². The molecule has 3 heterocycles. The first-order valence-electron chi connectivity index (χ1n) is 9.22. The Hall–Kier alpha value is -1.92. The van der Waals surface area contributed by atoms with Crippen LogP contribution in [0.5, 0.6) is 5.75 Å². The van der Waals surface area contributed by atoms with E-state index in [0.717, 1.165) is 62.9 Å². The Bertz CT molecular complexity index is 673. The van der Waals surface area contributed by atoms with Crippen LogP contribution in [0.3, 0.4) is 0 Å². The highest BCUT2D eigenvalue weighted by Gasteiger charge is 2.27. The Balaban J connectivity index is 1.35. The summed E-state index contributed by atoms with van der Waals surface area (Å²) in [5.74, 6) is 2.59. The molecule has 6 nitrogen and oxygen atoms in total. The van der Waals surface area contributed by atoms with Crippen LogP contribution in [-0.4, -0.2) is 54.0 Å². The maximum absolute atomic E-state index is 6.00. The van der Waals surface area contributed by atoms with E-state index in [-0.39, 0.29) is 0 Å². The Morgan fingerprint density at radius 3 is 2.64 bits per heavy atom. The average Bonchev–Trinajstić information content (AvgIpc) is 3.11. The molecule has 0 bridgehead atoms. The van der Waals surface area contributed by atoms with E-state index in [1.54, 1.807) is 0 Å². The van der Waals surface area contributed by atoms with E-state index in [0.29, 0.717) is 17.8 Å². The molecule has 2 aliphatic heterocycles. The largest absolute Gasteiger partial charge is 0.488 e. The van der Waals surface area contributed by atoms with Crippen LogP contribution in [0.1, 0.15) is 38.0 Å². The van der Waals surface area contributed by atoms with Gasteiger partial charge in [0.15, 0.2) is 0 Å². The number of aromatic nitrogens is 2. The van der Waals surface area contributed by atoms with E-state index in [2.05, 4.69) is 22.0 Å². The zero-order valence-corrected chi connectivity index (χ0v) is 14.7. The molecule has 1 aromatic carbocycles. The summed E-state index contributed by atoms with van der Waals surface area (Å²) in [7, 11) is 0. The van der Waals surface area contributed by atoms with Crippen molar-refractivity contribution in [2.24, 2.45) is 0 Å². The molecule has 0 N–H and O–H groups in total. The van der Waals surface area contributed by atoms with Crippen molar-refractivity contribution in [3.05, 3.63) is 30.2 Å². The maximum atomic E-state index is 6.00. The molecule has 0 atom stereocenters. The van der Waals surface area contributed by atoms with Gasteiger partial charge in [-0.1, -0.05) is 12.1 Å². The highest BCUT2D eigenvalue weighted by Crippen LogP contribution is 2.28. The van der Waals surface area contributed by atoms with Crippen molar-refractivity contribution in [1.29, 1.82) is 0 Å². The zero-order valence-electron chi connectivity index (χ0n) is 14.7. The first-order chi connectivity index (χ1) is 12.3. The van der Waals surface area contributed by atoms with Crippen LogP contribution in [0.4, 0.5) is 0 Å². The topological polar surface area (TPSA) is 60.6 Å². The van der Waals surface area contributed by atoms with Crippen LogP contribution >= 0.6 is 0 Å². The SMILES string of the molecule is CCCN1CC(Oc2ccc(-c3noc(C4CCOCC4)n3)cc2)C1. The Morgan fingerprint density at radius 2 is 1.92 bits per heavy atom. The molecule has 0 radical (unpaired) electrons. The predicted octanol–water partition coefficient (Wildman–Crippen LogP) is 3.10. The number of ether oxygens (including phenoxy) is 2. The van der Waals surface area contributed by atoms with Gasteiger partial charge < -0.3 is 14.0 Å². The van der Waals surface area contributed by atoms with Crippen molar-refractivity contribution < 1.29 is 14.0 Å². The highest BCUT2D eigenvalue weighted by atomic mass is 16.5. The van der Waals surface area contributed by atoms with E-state index in [1.807, 2.05) is 24.3 Å². The molecule has 0 spiro atoms. The number of benzene rings is 1. The lowest BCUT2D eigenvalue weighted by Gasteiger charge is -2.38. The van der Waals surface area contributed by atoms with E-state index < -0.39 is 0 Å². The molecule has 2 aromatic rings. The second kappa shape index (κ2) is 7.54. The number of nitrogens with zero attached hydrogens (tertiary/aromatic N) is 3. The number of likely N-dealkylation sites (tertiary alicyclic amines) is 1. The predicted molar refractivity (Wildman–Crippen MR) is 93.7 cm³/mol. The Kier molecular flexibility index (Phi) is 4.99. The van der Waals surface area contributed by atoms with E-state index in [4.69, 9.17) is 14.0 Å². The van der Waals surface area contributed by atoms with Crippen LogP contribution in [-0.2, 0) is 4.74 Å². The van der Waals surface area contributed by atoms with Gasteiger partial charge in [0, 0.05) is 37.8 Å². The Morgan fingerprint density at radius 1 is 1.16 bits per heavy atom. The lowest BCUT2D eigenvalue weighted by molar-refractivity contribution is 0.0203. The summed E-state index contributed by atoms with van der Waals surface area (Å²) in [6.45, 7) is 6.95. The van der Waals surface area contributed by atoms with Crippen molar-refractivity contribution in [2.75, 3.05) is 32.8 Å². The molecule has 2 aliphatic rings. The van der Waals surface area contributed by atoms with E-state index >= 15 is 0 Å². The fourth-order valence-corrected chi connectivity index (χ4v) is 3.43. The van der Waals surface area contributed by atoms with Gasteiger partial charge in [0.05, 0.1) is 0 Å². The van der Waals surface area contributed by atoms with Gasteiger partial charge in [0.1, 0.15) is 11.9 Å². The highest BCUT2D eigenvalue weighted by molar-refractivity contribution is 5.55. The number of hydrogen-bond donors (Lipinski definition) is 0. The van der Waals surface area contributed by atoms with Crippen LogP contribution in [0.15, 0.2) is 28.8 Å². The molecule has 134 valence electrons. The van der Waals surface area contributed by atoms with Crippen LogP contribution in [0, 0.1) is 0 Å². The average molecular weight is 343 g/mol. The van der Waals surface area contributed by atoms with Crippen molar-refractivity contribution in [3.63, 3.8) is 0 Å². The molecular weight excluding hydrogens is 318 g/mol. The van der Waals surface area contributed by atoms with Gasteiger partial charge in [-0.3, -0.25) is 4.90 Å². The third kappa shape index (κ3) is 3.85. The first-order valence-corrected chi connectivity index (χ1v) is 9.22. The molecule has 1 aromatic heterocycles. The second-order valence-corrected chi connectivity index (χ2v) is 6.87. The van der Waals surface area contributed by atoms with Gasteiger partial charge in [-0.15, -0.1) is 0 Å². The van der Waals surface area contributed by atoms with Crippen molar-refractivity contribution in [3.8, 4) is 17.1 Å². The Labute approximate surface area is 148 Å². The standard InChI is InChI=1S/C19H25N3O3/c1-2-9-22-12-17(13-22)24-16-5-3-14(4-6-16)18-20-19(25-21-18)15-7-10-23-11-8-15/h3-6,15,17H,2,7-13H2,1H3. The lowest BCUT2D eigenvalue weighted by atomic mass is 10.0. The van der Waals surface area contributed by atoms with Gasteiger partial charge in [0.25, 0.3) is 0 Å². The van der Waals surface area contributed by atoms with Gasteiger partial charge in [-0.05, 0) is 50.1 Å². The first kappa shape index (κ1) is 16.5. The maximum Gasteiger partial charge on any atom is 0.230 e. The minimum atomic E-state index is 0.308. The van der Waals surface area contributed by atoms with Crippen molar-refractivity contribution in [2.45, 2.75) is 38.2 Å². The fourth-order valence-electron chi connectivity index (χ4n) is 3.43. The summed E-state index contributed by atoms with van der Waals surface area (Å²) in [6.07, 6.45) is 3.40. The van der Waals surface area contributed by atoms with Gasteiger partial charge in [-0.2, -0.15) is 4.98 Å². The van der Waals surface area contributed by atoms with Crippen LogP contribution in [0.2, 0.25) is 0 Å². The molecule has 25 heavy (non-hydrogen) atoms. The second-order valence-electron chi connectivity index (χ2n) is 6.87. The molecule has 0 amide bonds. The fraction of sp³-hybridized carbons (Fsp3) is 0.579. The molecule has 0 unspecified atom stereocenters. The monoisotopic (exact) mass is 343 g/mol. The quantitative estimate of drug-likeness (QED) is 0.803. The summed E-state index contributed by atoms with van der Waals surface area (Å²) in [5, 5.41) is 4.14. The molecule has 2 fully saturated rings. The lowest BCUT2D eigenvalue weighted by Crippen LogP contribution is -2.53.